The average Bonchev–Trinajstić information content (AvgIpc) is 2.85. The minimum absolute atomic E-state index is 0.262. The lowest BCUT2D eigenvalue weighted by molar-refractivity contribution is 0.474. The Labute approximate surface area is 134 Å². The number of hydrogen-bond donors (Lipinski definition) is 1. The van der Waals surface area contributed by atoms with Crippen LogP contribution in [0.25, 0.3) is 11.6 Å². The number of aromatic nitrogens is 1. The number of fused-ring (bicyclic) bond motifs is 2. The van der Waals surface area contributed by atoms with Crippen LogP contribution in [0, 0.1) is 6.92 Å². The topological polar surface area (TPSA) is 46.3 Å². The van der Waals surface area contributed by atoms with Crippen LogP contribution in [0.3, 0.4) is 0 Å². The summed E-state index contributed by atoms with van der Waals surface area (Å²) in [5.74, 6) is 1.89. The molecule has 3 aromatic rings. The number of rotatable bonds is 1. The molecule has 0 aliphatic heterocycles. The second-order valence-corrected chi connectivity index (χ2v) is 5.81. The average molecular weight is 303 g/mol. The van der Waals surface area contributed by atoms with Crippen LogP contribution in [-0.2, 0) is 12.8 Å². The fraction of sp³-hybridized carbons (Fsp3) is 0.150. The molecule has 0 saturated heterocycles. The number of aryl methyl sites for hydroxylation is 3. The lowest BCUT2D eigenvalue weighted by Gasteiger charge is -2.09. The Balaban J connectivity index is 1.96. The number of phenolic OH excluding ortho intramolecular Hbond substituents is 1. The van der Waals surface area contributed by atoms with E-state index in [2.05, 4.69) is 29.3 Å². The van der Waals surface area contributed by atoms with Gasteiger partial charge in [0.15, 0.2) is 5.89 Å². The second kappa shape index (κ2) is 5.43. The Hall–Kier alpha value is -2.81. The molecule has 4 rings (SSSR count). The van der Waals surface area contributed by atoms with Gasteiger partial charge < -0.3 is 9.52 Å². The van der Waals surface area contributed by atoms with Crippen molar-refractivity contribution in [2.24, 2.45) is 0 Å². The summed E-state index contributed by atoms with van der Waals surface area (Å²) in [7, 11) is 0. The van der Waals surface area contributed by atoms with Gasteiger partial charge in [-0.15, -0.1) is 0 Å². The number of nitrogens with zero attached hydrogens (tertiary/aromatic N) is 1. The first-order valence-corrected chi connectivity index (χ1v) is 7.76. The molecule has 0 saturated carbocycles. The third-order valence-electron chi connectivity index (χ3n) is 4.17. The Morgan fingerprint density at radius 3 is 2.83 bits per heavy atom. The van der Waals surface area contributed by atoms with Crippen LogP contribution in [0.2, 0.25) is 0 Å². The molecule has 0 amide bonds. The molecular weight excluding hydrogens is 286 g/mol. The zero-order valence-corrected chi connectivity index (χ0v) is 12.9. The fourth-order valence-corrected chi connectivity index (χ4v) is 3.15. The van der Waals surface area contributed by atoms with E-state index in [-0.39, 0.29) is 5.75 Å². The smallest absolute Gasteiger partial charge is 0.191 e. The summed E-state index contributed by atoms with van der Waals surface area (Å²) in [5, 5.41) is 9.73. The largest absolute Gasteiger partial charge is 0.508 e. The van der Waals surface area contributed by atoms with Crippen molar-refractivity contribution in [2.75, 3.05) is 0 Å². The van der Waals surface area contributed by atoms with Gasteiger partial charge in [-0.1, -0.05) is 36.4 Å². The molecule has 0 unspecified atom stereocenters. The zero-order valence-electron chi connectivity index (χ0n) is 12.9. The first-order valence-electron chi connectivity index (χ1n) is 7.76. The summed E-state index contributed by atoms with van der Waals surface area (Å²) in [5.41, 5.74) is 5.39. The first-order chi connectivity index (χ1) is 11.2. The molecular formula is C20H17NO2. The van der Waals surface area contributed by atoms with Gasteiger partial charge in [0.1, 0.15) is 17.2 Å². The van der Waals surface area contributed by atoms with Crippen LogP contribution in [-0.4, -0.2) is 10.1 Å². The van der Waals surface area contributed by atoms with E-state index in [4.69, 9.17) is 4.42 Å². The monoisotopic (exact) mass is 303 g/mol. The van der Waals surface area contributed by atoms with E-state index in [0.717, 1.165) is 35.4 Å². The van der Waals surface area contributed by atoms with Gasteiger partial charge in [0.05, 0.1) is 0 Å². The molecule has 2 aromatic carbocycles. The SMILES string of the molecule is Cc1nc2c(o1)CCc1ccccc1C2=Cc1cccc(O)c1. The van der Waals surface area contributed by atoms with Crippen molar-refractivity contribution in [3.05, 3.63) is 82.6 Å². The summed E-state index contributed by atoms with van der Waals surface area (Å²) in [6.07, 6.45) is 3.87. The van der Waals surface area contributed by atoms with E-state index in [1.54, 1.807) is 12.1 Å². The summed E-state index contributed by atoms with van der Waals surface area (Å²) in [4.78, 5) is 4.61. The van der Waals surface area contributed by atoms with Crippen molar-refractivity contribution in [1.29, 1.82) is 0 Å². The van der Waals surface area contributed by atoms with Crippen LogP contribution in [0.4, 0.5) is 0 Å². The standard InChI is InChI=1S/C20H17NO2/c1-13-21-20-18(12-14-5-4-7-16(22)11-14)17-8-3-2-6-15(17)9-10-19(20)23-13/h2-8,11-12,22H,9-10H2,1H3. The molecule has 3 nitrogen and oxygen atoms in total. The van der Waals surface area contributed by atoms with Crippen molar-refractivity contribution in [3.63, 3.8) is 0 Å². The highest BCUT2D eigenvalue weighted by molar-refractivity contribution is 5.92. The third-order valence-corrected chi connectivity index (χ3v) is 4.17. The molecule has 23 heavy (non-hydrogen) atoms. The summed E-state index contributed by atoms with van der Waals surface area (Å²) >= 11 is 0. The van der Waals surface area contributed by atoms with Gasteiger partial charge in [-0.25, -0.2) is 4.98 Å². The van der Waals surface area contributed by atoms with E-state index in [9.17, 15) is 5.11 Å². The molecule has 114 valence electrons. The van der Waals surface area contributed by atoms with Crippen LogP contribution < -0.4 is 0 Å². The van der Waals surface area contributed by atoms with Gasteiger partial charge in [0, 0.05) is 18.9 Å². The highest BCUT2D eigenvalue weighted by atomic mass is 16.4. The Morgan fingerprint density at radius 2 is 1.96 bits per heavy atom. The van der Waals surface area contributed by atoms with Gasteiger partial charge in [-0.2, -0.15) is 0 Å². The van der Waals surface area contributed by atoms with Crippen molar-refractivity contribution in [2.45, 2.75) is 19.8 Å². The van der Waals surface area contributed by atoms with Crippen LogP contribution >= 0.6 is 0 Å². The molecule has 1 aromatic heterocycles. The van der Waals surface area contributed by atoms with E-state index in [1.165, 1.54) is 11.1 Å². The van der Waals surface area contributed by atoms with Crippen molar-refractivity contribution < 1.29 is 9.52 Å². The van der Waals surface area contributed by atoms with Gasteiger partial charge >= 0.3 is 0 Å². The molecule has 0 radical (unpaired) electrons. The maximum Gasteiger partial charge on any atom is 0.191 e. The quantitative estimate of drug-likeness (QED) is 0.726. The van der Waals surface area contributed by atoms with E-state index >= 15 is 0 Å². The third kappa shape index (κ3) is 2.55. The summed E-state index contributed by atoms with van der Waals surface area (Å²) in [6, 6.07) is 15.7. The predicted octanol–water partition coefficient (Wildman–Crippen LogP) is 4.38. The minimum Gasteiger partial charge on any atom is -0.508 e. The molecule has 3 heteroatoms. The second-order valence-electron chi connectivity index (χ2n) is 5.81. The summed E-state index contributed by atoms with van der Waals surface area (Å²) < 4.78 is 5.81. The van der Waals surface area contributed by atoms with Gasteiger partial charge in [-0.05, 0) is 41.3 Å². The normalized spacial score (nSPS) is 15.1. The Bertz CT molecular complexity index is 906. The Kier molecular flexibility index (Phi) is 3.27. The minimum atomic E-state index is 0.262. The van der Waals surface area contributed by atoms with Gasteiger partial charge in [0.25, 0.3) is 0 Å². The van der Waals surface area contributed by atoms with E-state index in [0.29, 0.717) is 5.89 Å². The van der Waals surface area contributed by atoms with Gasteiger partial charge in [0.2, 0.25) is 0 Å². The first kappa shape index (κ1) is 13.8. The Morgan fingerprint density at radius 1 is 1.09 bits per heavy atom. The maximum atomic E-state index is 9.73. The lowest BCUT2D eigenvalue weighted by atomic mass is 9.96. The molecule has 0 fully saturated rings. The molecule has 0 spiro atoms. The molecule has 1 aliphatic carbocycles. The summed E-state index contributed by atoms with van der Waals surface area (Å²) in [6.45, 7) is 1.88. The number of benzene rings is 2. The van der Waals surface area contributed by atoms with Crippen LogP contribution in [0.15, 0.2) is 52.9 Å². The number of hydrogen-bond acceptors (Lipinski definition) is 3. The van der Waals surface area contributed by atoms with Crippen LogP contribution in [0.1, 0.15) is 34.0 Å². The van der Waals surface area contributed by atoms with E-state index < -0.39 is 0 Å². The number of aromatic hydroxyl groups is 1. The maximum absolute atomic E-state index is 9.73. The fourth-order valence-electron chi connectivity index (χ4n) is 3.15. The molecule has 0 bridgehead atoms. The highest BCUT2D eigenvalue weighted by Crippen LogP contribution is 2.35. The molecule has 1 aliphatic rings. The van der Waals surface area contributed by atoms with Crippen molar-refractivity contribution in [1.82, 2.24) is 4.98 Å². The molecule has 1 N–H and O–H groups in total. The van der Waals surface area contributed by atoms with Crippen LogP contribution in [0.5, 0.6) is 5.75 Å². The zero-order chi connectivity index (χ0) is 15.8. The van der Waals surface area contributed by atoms with Crippen molar-refractivity contribution >= 4 is 11.6 Å². The van der Waals surface area contributed by atoms with Gasteiger partial charge in [-0.3, -0.25) is 0 Å². The van der Waals surface area contributed by atoms with Crippen molar-refractivity contribution in [3.8, 4) is 5.75 Å². The van der Waals surface area contributed by atoms with E-state index in [1.807, 2.05) is 25.1 Å². The predicted molar refractivity (Wildman–Crippen MR) is 90.2 cm³/mol. The lowest BCUT2D eigenvalue weighted by Crippen LogP contribution is -1.93. The molecule has 1 heterocycles. The molecule has 0 atom stereocenters. The highest BCUT2D eigenvalue weighted by Gasteiger charge is 2.22. The number of oxazole rings is 1. The number of phenols is 1.